The lowest BCUT2D eigenvalue weighted by molar-refractivity contribution is 0.0899. The van der Waals surface area contributed by atoms with Crippen LogP contribution in [0.5, 0.6) is 11.5 Å². The third-order valence-electron chi connectivity index (χ3n) is 5.44. The summed E-state index contributed by atoms with van der Waals surface area (Å²) < 4.78 is 42.9. The number of halogens is 3. The van der Waals surface area contributed by atoms with Gasteiger partial charge < -0.3 is 34.9 Å². The summed E-state index contributed by atoms with van der Waals surface area (Å²) in [6, 6.07) is 4.57. The Bertz CT molecular complexity index is 1210. The lowest BCUT2D eigenvalue weighted by Gasteiger charge is -2.16. The Morgan fingerprint density at radius 2 is 1.89 bits per heavy atom. The number of ether oxygens (including phenoxy) is 2. The zero-order valence-corrected chi connectivity index (χ0v) is 23.4. The molecule has 1 aromatic carbocycles. The Labute approximate surface area is 225 Å². The van der Waals surface area contributed by atoms with Gasteiger partial charge in [0, 0.05) is 70.6 Å². The zero-order chi connectivity index (χ0) is 27.2. The van der Waals surface area contributed by atoms with Crippen LogP contribution in [0.15, 0.2) is 30.6 Å². The van der Waals surface area contributed by atoms with Crippen molar-refractivity contribution in [1.29, 1.82) is 0 Å². The SMILES string of the molecule is C[Si](C)(C)CCOCn1cc(Cl)c2c(Oc3c(F)cc(NC(=S)NCC(CO)CO)cc3F)ccnc21. The Kier molecular flexibility index (Phi) is 10.2. The summed E-state index contributed by atoms with van der Waals surface area (Å²) in [5, 5.41) is 24.5. The molecule has 8 nitrogen and oxygen atoms in total. The van der Waals surface area contributed by atoms with E-state index in [0.717, 1.165) is 18.2 Å². The van der Waals surface area contributed by atoms with Crippen molar-refractivity contribution in [1.82, 2.24) is 14.9 Å². The summed E-state index contributed by atoms with van der Waals surface area (Å²) in [7, 11) is -1.23. The van der Waals surface area contributed by atoms with E-state index in [9.17, 15) is 8.78 Å². The van der Waals surface area contributed by atoms with Crippen molar-refractivity contribution >= 4 is 53.7 Å². The number of benzene rings is 1. The van der Waals surface area contributed by atoms with E-state index in [1.807, 2.05) is 0 Å². The maximum absolute atomic E-state index is 14.9. The first-order chi connectivity index (χ1) is 17.5. The number of pyridine rings is 1. The number of rotatable bonds is 12. The molecule has 0 fully saturated rings. The minimum atomic E-state index is -1.23. The molecule has 0 spiro atoms. The number of thiocarbonyl (C=S) groups is 1. The summed E-state index contributed by atoms with van der Waals surface area (Å²) in [6.45, 7) is 7.37. The first kappa shape index (κ1) is 29.2. The fraction of sp³-hybridized carbons (Fsp3) is 0.417. The van der Waals surface area contributed by atoms with Crippen LogP contribution in [0.1, 0.15) is 0 Å². The topological polar surface area (TPSA) is 101 Å². The van der Waals surface area contributed by atoms with Crippen LogP contribution in [0.3, 0.4) is 0 Å². The highest BCUT2D eigenvalue weighted by molar-refractivity contribution is 7.80. The Hall–Kier alpha value is -2.35. The normalized spacial score (nSPS) is 11.8. The van der Waals surface area contributed by atoms with Crippen LogP contribution in [-0.4, -0.2) is 59.3 Å². The second kappa shape index (κ2) is 12.9. The van der Waals surface area contributed by atoms with Gasteiger partial charge in [-0.1, -0.05) is 31.2 Å². The predicted octanol–water partition coefficient (Wildman–Crippen LogP) is 4.96. The summed E-state index contributed by atoms with van der Waals surface area (Å²) in [4.78, 5) is 4.34. The molecule has 0 bridgehead atoms. The van der Waals surface area contributed by atoms with Crippen molar-refractivity contribution < 1.29 is 28.5 Å². The molecule has 0 unspecified atom stereocenters. The summed E-state index contributed by atoms with van der Waals surface area (Å²) in [6.07, 6.45) is 3.11. The van der Waals surface area contributed by atoms with Gasteiger partial charge in [-0.25, -0.2) is 13.8 Å². The highest BCUT2D eigenvalue weighted by Gasteiger charge is 2.19. The van der Waals surface area contributed by atoms with Crippen molar-refractivity contribution in [2.75, 3.05) is 31.7 Å². The number of fused-ring (bicyclic) bond motifs is 1. The standard InChI is InChI=1S/C24H31ClF2N4O4SSi/c1-37(2,3)7-6-34-14-31-11-17(25)21-20(4-5-28-23(21)31)35-22-18(26)8-16(9-19(22)27)30-24(36)29-10-15(12-32)13-33/h4-5,8-9,11,15,32-33H,6-7,10,12-14H2,1-3H3,(H2,29,30,36). The van der Waals surface area contributed by atoms with E-state index >= 15 is 0 Å². The van der Waals surface area contributed by atoms with Gasteiger partial charge in [0.25, 0.3) is 0 Å². The van der Waals surface area contributed by atoms with Gasteiger partial charge in [0.2, 0.25) is 0 Å². The van der Waals surface area contributed by atoms with Crippen molar-refractivity contribution in [3.63, 3.8) is 0 Å². The largest absolute Gasteiger partial charge is 0.450 e. The summed E-state index contributed by atoms with van der Waals surface area (Å²) >= 11 is 11.5. The molecule has 0 amide bonds. The van der Waals surface area contributed by atoms with Gasteiger partial charge in [-0.3, -0.25) is 0 Å². The smallest absolute Gasteiger partial charge is 0.198 e. The molecule has 0 saturated carbocycles. The van der Waals surface area contributed by atoms with Crippen LogP contribution in [-0.2, 0) is 11.5 Å². The maximum atomic E-state index is 14.9. The third-order valence-corrected chi connectivity index (χ3v) is 7.67. The van der Waals surface area contributed by atoms with Crippen molar-refractivity contribution in [3.8, 4) is 11.5 Å². The fourth-order valence-corrected chi connectivity index (χ4v) is 4.56. The molecule has 3 aromatic rings. The third kappa shape index (κ3) is 8.06. The first-order valence-corrected chi connectivity index (χ1v) is 16.2. The Balaban J connectivity index is 1.74. The number of hydrogen-bond donors (Lipinski definition) is 4. The molecular weight excluding hydrogens is 542 g/mol. The quantitative estimate of drug-likeness (QED) is 0.137. The number of anilines is 1. The Morgan fingerprint density at radius 3 is 2.51 bits per heavy atom. The van der Waals surface area contributed by atoms with Crippen molar-refractivity contribution in [2.24, 2.45) is 5.92 Å². The molecule has 202 valence electrons. The second-order valence-electron chi connectivity index (χ2n) is 9.74. The molecule has 0 aliphatic rings. The van der Waals surface area contributed by atoms with Crippen LogP contribution in [0.2, 0.25) is 30.7 Å². The van der Waals surface area contributed by atoms with Gasteiger partial charge in [-0.15, -0.1) is 0 Å². The predicted molar refractivity (Wildman–Crippen MR) is 147 cm³/mol. The van der Waals surface area contributed by atoms with Gasteiger partial charge in [0.05, 0.1) is 10.4 Å². The molecule has 0 radical (unpaired) electrons. The van der Waals surface area contributed by atoms with Crippen LogP contribution < -0.4 is 15.4 Å². The molecule has 0 saturated heterocycles. The molecular formula is C24H31ClF2N4O4SSi. The van der Waals surface area contributed by atoms with Crippen LogP contribution in [0.4, 0.5) is 14.5 Å². The number of nitrogens with one attached hydrogen (secondary N) is 2. The maximum Gasteiger partial charge on any atom is 0.198 e. The molecule has 2 aromatic heterocycles. The fourth-order valence-electron chi connectivity index (χ4n) is 3.30. The highest BCUT2D eigenvalue weighted by atomic mass is 35.5. The Morgan fingerprint density at radius 1 is 1.22 bits per heavy atom. The molecule has 0 atom stereocenters. The minimum Gasteiger partial charge on any atom is -0.450 e. The van der Waals surface area contributed by atoms with Crippen molar-refractivity contribution in [3.05, 3.63) is 47.2 Å². The minimum absolute atomic E-state index is 0.0592. The van der Waals surface area contributed by atoms with Gasteiger partial charge in [-0.2, -0.15) is 0 Å². The first-order valence-electron chi connectivity index (χ1n) is 11.7. The lowest BCUT2D eigenvalue weighted by atomic mass is 10.2. The molecule has 0 aliphatic carbocycles. The molecule has 37 heavy (non-hydrogen) atoms. The van der Waals surface area contributed by atoms with E-state index in [4.69, 9.17) is 43.5 Å². The van der Waals surface area contributed by atoms with E-state index in [1.54, 1.807) is 10.8 Å². The van der Waals surface area contributed by atoms with Gasteiger partial charge in [-0.05, 0) is 24.3 Å². The van der Waals surface area contributed by atoms with Gasteiger partial charge >= 0.3 is 0 Å². The van der Waals surface area contributed by atoms with Gasteiger partial charge in [0.15, 0.2) is 22.5 Å². The van der Waals surface area contributed by atoms with Crippen LogP contribution >= 0.6 is 23.8 Å². The van der Waals surface area contributed by atoms with Crippen molar-refractivity contribution in [2.45, 2.75) is 32.4 Å². The van der Waals surface area contributed by atoms with Crippen LogP contribution in [0, 0.1) is 17.6 Å². The molecule has 3 rings (SSSR count). The molecule has 4 N–H and O–H groups in total. The number of aliphatic hydroxyl groups is 2. The number of aromatic nitrogens is 2. The monoisotopic (exact) mass is 572 g/mol. The van der Waals surface area contributed by atoms with Gasteiger partial charge in [0.1, 0.15) is 18.1 Å². The number of hydrogen-bond acceptors (Lipinski definition) is 6. The van der Waals surface area contributed by atoms with Crippen LogP contribution in [0.25, 0.3) is 11.0 Å². The molecule has 13 heteroatoms. The summed E-state index contributed by atoms with van der Waals surface area (Å²) in [5.41, 5.74) is 0.527. The number of nitrogens with zero attached hydrogens (tertiary/aromatic N) is 2. The van der Waals surface area contributed by atoms with E-state index in [0.29, 0.717) is 22.7 Å². The average molecular weight is 573 g/mol. The average Bonchev–Trinajstić information content (AvgIpc) is 3.15. The van der Waals surface area contributed by atoms with E-state index in [1.165, 1.54) is 12.3 Å². The summed E-state index contributed by atoms with van der Waals surface area (Å²) in [5.74, 6) is -2.79. The second-order valence-corrected chi connectivity index (χ2v) is 16.2. The van der Waals surface area contributed by atoms with E-state index in [-0.39, 0.29) is 43.0 Å². The van der Waals surface area contributed by atoms with E-state index in [2.05, 4.69) is 35.3 Å². The molecule has 0 aliphatic heterocycles. The number of aliphatic hydroxyl groups excluding tert-OH is 2. The highest BCUT2D eigenvalue weighted by Crippen LogP contribution is 2.37. The van der Waals surface area contributed by atoms with E-state index < -0.39 is 31.4 Å². The zero-order valence-electron chi connectivity index (χ0n) is 20.9. The lowest BCUT2D eigenvalue weighted by Crippen LogP contribution is -2.35. The molecule has 2 heterocycles.